The first kappa shape index (κ1) is 15.5. The fourth-order valence-corrected chi connectivity index (χ4v) is 2.21. The minimum absolute atomic E-state index is 0.0471. The number of halogens is 2. The van der Waals surface area contributed by atoms with E-state index in [0.717, 1.165) is 5.56 Å². The van der Waals surface area contributed by atoms with Gasteiger partial charge in [-0.2, -0.15) is 0 Å². The molecule has 0 radical (unpaired) electrons. The van der Waals surface area contributed by atoms with Gasteiger partial charge in [-0.1, -0.05) is 29.8 Å². The summed E-state index contributed by atoms with van der Waals surface area (Å²) >= 11 is 5.94. The fourth-order valence-electron chi connectivity index (χ4n) is 2.01. The van der Waals surface area contributed by atoms with Crippen LogP contribution in [0.25, 0.3) is 0 Å². The van der Waals surface area contributed by atoms with E-state index in [4.69, 9.17) is 16.7 Å². The highest BCUT2D eigenvalue weighted by atomic mass is 35.5. The van der Waals surface area contributed by atoms with Crippen LogP contribution in [0.4, 0.5) is 4.39 Å². The molecule has 2 rings (SSSR count). The summed E-state index contributed by atoms with van der Waals surface area (Å²) in [5.74, 6) is -1.99. The molecule has 3 nitrogen and oxygen atoms in total. The molecule has 0 aliphatic heterocycles. The average molecular weight is 308 g/mol. The number of hydrogen-bond acceptors (Lipinski definition) is 2. The Morgan fingerprint density at radius 2 is 2.10 bits per heavy atom. The smallest absolute Gasteiger partial charge is 0.338 e. The summed E-state index contributed by atoms with van der Waals surface area (Å²) in [5, 5.41) is 12.7. The van der Waals surface area contributed by atoms with Gasteiger partial charge in [0.1, 0.15) is 5.82 Å². The fraction of sp³-hybridized carbons (Fsp3) is 0.188. The van der Waals surface area contributed by atoms with Gasteiger partial charge in [-0.25, -0.2) is 9.18 Å². The summed E-state index contributed by atoms with van der Waals surface area (Å²) in [6, 6.07) is 11.7. The maximum absolute atomic E-state index is 13.6. The highest BCUT2D eigenvalue weighted by molar-refractivity contribution is 6.30. The molecule has 1 atom stereocenters. The van der Waals surface area contributed by atoms with Crippen LogP contribution in [0, 0.1) is 5.82 Å². The van der Waals surface area contributed by atoms with E-state index in [0.29, 0.717) is 17.1 Å². The second-order valence-corrected chi connectivity index (χ2v) is 5.21. The Morgan fingerprint density at radius 3 is 2.71 bits per heavy atom. The molecule has 1 unspecified atom stereocenters. The summed E-state index contributed by atoms with van der Waals surface area (Å²) < 4.78 is 13.6. The lowest BCUT2D eigenvalue weighted by Gasteiger charge is -2.15. The quantitative estimate of drug-likeness (QED) is 0.877. The minimum atomic E-state index is -1.26. The third-order valence-corrected chi connectivity index (χ3v) is 3.46. The standard InChI is InChI=1S/C16H15ClFNO2/c1-10(12-3-2-4-13(17)8-12)19-9-11-5-6-14(16(20)21)15(18)7-11/h2-8,10,19H,9H2,1H3,(H,20,21). The van der Waals surface area contributed by atoms with E-state index in [1.54, 1.807) is 12.1 Å². The molecule has 5 heteroatoms. The number of carboxylic acid groups (broad SMARTS) is 1. The molecule has 0 saturated heterocycles. The summed E-state index contributed by atoms with van der Waals surface area (Å²) in [6.45, 7) is 2.41. The molecule has 0 spiro atoms. The largest absolute Gasteiger partial charge is 0.478 e. The number of aromatic carboxylic acids is 1. The van der Waals surface area contributed by atoms with Crippen molar-refractivity contribution >= 4 is 17.6 Å². The van der Waals surface area contributed by atoms with Crippen LogP contribution in [0.2, 0.25) is 5.02 Å². The van der Waals surface area contributed by atoms with Crippen molar-refractivity contribution in [2.75, 3.05) is 0 Å². The van der Waals surface area contributed by atoms with Crippen LogP contribution < -0.4 is 5.32 Å². The van der Waals surface area contributed by atoms with Crippen molar-refractivity contribution < 1.29 is 14.3 Å². The molecule has 0 aliphatic rings. The Balaban J connectivity index is 2.03. The maximum atomic E-state index is 13.6. The molecule has 110 valence electrons. The van der Waals surface area contributed by atoms with Crippen molar-refractivity contribution in [1.82, 2.24) is 5.32 Å². The van der Waals surface area contributed by atoms with Gasteiger partial charge < -0.3 is 10.4 Å². The average Bonchev–Trinajstić information content (AvgIpc) is 2.44. The van der Waals surface area contributed by atoms with Gasteiger partial charge >= 0.3 is 5.97 Å². The maximum Gasteiger partial charge on any atom is 0.338 e. The lowest BCUT2D eigenvalue weighted by atomic mass is 10.1. The highest BCUT2D eigenvalue weighted by Crippen LogP contribution is 2.18. The first-order chi connectivity index (χ1) is 9.97. The number of carboxylic acids is 1. The van der Waals surface area contributed by atoms with Gasteiger partial charge in [0.05, 0.1) is 5.56 Å². The van der Waals surface area contributed by atoms with Crippen LogP contribution in [0.1, 0.15) is 34.5 Å². The second-order valence-electron chi connectivity index (χ2n) is 4.78. The molecular formula is C16H15ClFNO2. The third-order valence-electron chi connectivity index (χ3n) is 3.22. The van der Waals surface area contributed by atoms with Crippen molar-refractivity contribution in [3.63, 3.8) is 0 Å². The molecule has 2 aromatic carbocycles. The van der Waals surface area contributed by atoms with E-state index in [1.165, 1.54) is 12.1 Å². The summed E-state index contributed by atoms with van der Waals surface area (Å²) in [6.07, 6.45) is 0. The van der Waals surface area contributed by atoms with Crippen LogP contribution in [0.15, 0.2) is 42.5 Å². The zero-order chi connectivity index (χ0) is 15.4. The molecule has 0 bridgehead atoms. The van der Waals surface area contributed by atoms with Gasteiger partial charge in [0.15, 0.2) is 0 Å². The van der Waals surface area contributed by atoms with E-state index in [1.807, 2.05) is 25.1 Å². The predicted octanol–water partition coefficient (Wildman–Crippen LogP) is 4.03. The minimum Gasteiger partial charge on any atom is -0.478 e. The van der Waals surface area contributed by atoms with Crippen LogP contribution in [-0.4, -0.2) is 11.1 Å². The van der Waals surface area contributed by atoms with Crippen molar-refractivity contribution in [3.8, 4) is 0 Å². The van der Waals surface area contributed by atoms with E-state index in [-0.39, 0.29) is 11.6 Å². The topological polar surface area (TPSA) is 49.3 Å². The van der Waals surface area contributed by atoms with Crippen molar-refractivity contribution in [2.24, 2.45) is 0 Å². The Kier molecular flexibility index (Phi) is 4.94. The van der Waals surface area contributed by atoms with E-state index in [2.05, 4.69) is 5.32 Å². The Hall–Kier alpha value is -1.91. The Bertz CT molecular complexity index is 660. The summed E-state index contributed by atoms with van der Waals surface area (Å²) in [4.78, 5) is 10.7. The number of hydrogen-bond donors (Lipinski definition) is 2. The van der Waals surface area contributed by atoms with Gasteiger partial charge in [-0.3, -0.25) is 0 Å². The summed E-state index contributed by atoms with van der Waals surface area (Å²) in [5.41, 5.74) is 1.40. The van der Waals surface area contributed by atoms with E-state index >= 15 is 0 Å². The van der Waals surface area contributed by atoms with Crippen LogP contribution in [0.3, 0.4) is 0 Å². The first-order valence-corrected chi connectivity index (χ1v) is 6.85. The van der Waals surface area contributed by atoms with Crippen LogP contribution in [-0.2, 0) is 6.54 Å². The molecule has 2 N–H and O–H groups in total. The lowest BCUT2D eigenvalue weighted by molar-refractivity contribution is 0.0692. The van der Waals surface area contributed by atoms with Gasteiger partial charge in [0.25, 0.3) is 0 Å². The third kappa shape index (κ3) is 4.03. The SMILES string of the molecule is CC(NCc1ccc(C(=O)O)c(F)c1)c1cccc(Cl)c1. The molecular weight excluding hydrogens is 293 g/mol. The molecule has 0 fully saturated rings. The number of rotatable bonds is 5. The monoisotopic (exact) mass is 307 g/mol. The normalized spacial score (nSPS) is 12.1. The van der Waals surface area contributed by atoms with Crippen molar-refractivity contribution in [3.05, 3.63) is 70.0 Å². The lowest BCUT2D eigenvalue weighted by Crippen LogP contribution is -2.18. The highest BCUT2D eigenvalue weighted by Gasteiger charge is 2.11. The van der Waals surface area contributed by atoms with Crippen molar-refractivity contribution in [1.29, 1.82) is 0 Å². The number of nitrogens with one attached hydrogen (secondary N) is 1. The van der Waals surface area contributed by atoms with Gasteiger partial charge in [-0.15, -0.1) is 0 Å². The Morgan fingerprint density at radius 1 is 1.33 bits per heavy atom. The van der Waals surface area contributed by atoms with Crippen LogP contribution >= 0.6 is 11.6 Å². The van der Waals surface area contributed by atoms with Gasteiger partial charge in [0.2, 0.25) is 0 Å². The summed E-state index contributed by atoms with van der Waals surface area (Å²) in [7, 11) is 0. The van der Waals surface area contributed by atoms with Gasteiger partial charge in [0, 0.05) is 17.6 Å². The zero-order valence-electron chi connectivity index (χ0n) is 11.4. The molecule has 21 heavy (non-hydrogen) atoms. The molecule has 0 aromatic heterocycles. The zero-order valence-corrected chi connectivity index (χ0v) is 12.2. The Labute approximate surface area is 127 Å². The molecule has 2 aromatic rings. The first-order valence-electron chi connectivity index (χ1n) is 6.48. The number of carbonyl (C=O) groups is 1. The molecule has 0 aliphatic carbocycles. The van der Waals surface area contributed by atoms with Crippen molar-refractivity contribution in [2.45, 2.75) is 19.5 Å². The van der Waals surface area contributed by atoms with Crippen LogP contribution in [0.5, 0.6) is 0 Å². The second kappa shape index (κ2) is 6.70. The molecule has 0 amide bonds. The predicted molar refractivity (Wildman–Crippen MR) is 80.1 cm³/mol. The molecule has 0 saturated carbocycles. The number of benzene rings is 2. The van der Waals surface area contributed by atoms with Gasteiger partial charge in [-0.05, 0) is 42.3 Å². The molecule has 0 heterocycles. The van der Waals surface area contributed by atoms with E-state index < -0.39 is 11.8 Å². The van der Waals surface area contributed by atoms with E-state index in [9.17, 15) is 9.18 Å².